The number of ketones is 1. The summed E-state index contributed by atoms with van der Waals surface area (Å²) in [6, 6.07) is 1.90. The van der Waals surface area contributed by atoms with Crippen molar-refractivity contribution in [1.82, 2.24) is 0 Å². The van der Waals surface area contributed by atoms with Crippen LogP contribution in [0, 0.1) is 29.1 Å². The number of rotatable bonds is 2. The Kier molecular flexibility index (Phi) is 2.65. The highest BCUT2D eigenvalue weighted by Crippen LogP contribution is 2.18. The Bertz CT molecular complexity index is 202. The number of nitriles is 1. The molecule has 0 aliphatic heterocycles. The van der Waals surface area contributed by atoms with Gasteiger partial charge in [-0.25, -0.2) is 0 Å². The Balaban J connectivity index is 4.29. The number of Topliss-reactive ketones (excluding diaryl/α,β-unsaturated/α-hetero) is 1. The monoisotopic (exact) mass is 135 g/mol. The summed E-state index contributed by atoms with van der Waals surface area (Å²) < 4.78 is 0. The Morgan fingerprint density at radius 3 is 2.40 bits per heavy atom. The van der Waals surface area contributed by atoms with Crippen molar-refractivity contribution >= 4 is 5.78 Å². The molecule has 0 radical (unpaired) electrons. The van der Waals surface area contributed by atoms with E-state index >= 15 is 0 Å². The molecule has 0 aliphatic rings. The molecule has 0 saturated carbocycles. The fraction of sp³-hybridized carbons (Fsp3) is 0.500. The topological polar surface area (TPSA) is 40.9 Å². The summed E-state index contributed by atoms with van der Waals surface area (Å²) in [5, 5.41) is 8.49. The lowest BCUT2D eigenvalue weighted by Crippen LogP contribution is -2.14. The molecule has 0 N–H and O–H groups in total. The van der Waals surface area contributed by atoms with Crippen molar-refractivity contribution in [3.63, 3.8) is 0 Å². The molecule has 0 rings (SSSR count). The van der Waals surface area contributed by atoms with Crippen molar-refractivity contribution in [2.75, 3.05) is 0 Å². The summed E-state index contributed by atoms with van der Waals surface area (Å²) in [6.45, 7) is 3.00. The fourth-order valence-corrected chi connectivity index (χ4v) is 0.621. The summed E-state index contributed by atoms with van der Waals surface area (Å²) in [5.74, 6) is 2.22. The van der Waals surface area contributed by atoms with Gasteiger partial charge in [0.15, 0.2) is 0 Å². The molecule has 0 amide bonds. The van der Waals surface area contributed by atoms with Crippen LogP contribution in [0.15, 0.2) is 0 Å². The van der Waals surface area contributed by atoms with E-state index in [-0.39, 0.29) is 12.2 Å². The molecule has 0 fully saturated rings. The van der Waals surface area contributed by atoms with E-state index in [0.717, 1.165) is 0 Å². The molecule has 2 heteroatoms. The molecule has 0 aromatic carbocycles. The SMILES string of the molecule is C#CC(C)(C#N)CC(C)=O. The number of nitrogens with zero attached hydrogens (tertiary/aromatic N) is 1. The van der Waals surface area contributed by atoms with E-state index in [9.17, 15) is 4.79 Å². The highest BCUT2D eigenvalue weighted by molar-refractivity contribution is 5.77. The molecule has 52 valence electrons. The number of carbonyl (C=O) groups is 1. The molecule has 0 spiro atoms. The van der Waals surface area contributed by atoms with E-state index < -0.39 is 5.41 Å². The molecule has 0 aromatic heterocycles. The number of carbonyl (C=O) groups excluding carboxylic acids is 1. The lowest BCUT2D eigenvalue weighted by atomic mass is 9.88. The largest absolute Gasteiger partial charge is 0.300 e. The first-order valence-corrected chi connectivity index (χ1v) is 2.92. The Hall–Kier alpha value is -1.28. The number of terminal acetylenes is 1. The van der Waals surface area contributed by atoms with Crippen LogP contribution < -0.4 is 0 Å². The summed E-state index contributed by atoms with van der Waals surface area (Å²) in [7, 11) is 0. The predicted molar refractivity (Wildman–Crippen MR) is 37.9 cm³/mol. The van der Waals surface area contributed by atoms with Crippen molar-refractivity contribution in [3.8, 4) is 18.4 Å². The average molecular weight is 135 g/mol. The maximum absolute atomic E-state index is 10.5. The van der Waals surface area contributed by atoms with Crippen LogP contribution in [0.4, 0.5) is 0 Å². The van der Waals surface area contributed by atoms with E-state index in [4.69, 9.17) is 11.7 Å². The maximum atomic E-state index is 10.5. The predicted octanol–water partition coefficient (Wildman–Crippen LogP) is 1.13. The van der Waals surface area contributed by atoms with Crippen LogP contribution in [0.2, 0.25) is 0 Å². The van der Waals surface area contributed by atoms with Crippen LogP contribution in [0.3, 0.4) is 0 Å². The molecular weight excluding hydrogens is 126 g/mol. The molecule has 0 aliphatic carbocycles. The van der Waals surface area contributed by atoms with E-state index in [2.05, 4.69) is 5.92 Å². The van der Waals surface area contributed by atoms with Crippen molar-refractivity contribution in [2.24, 2.45) is 5.41 Å². The molecule has 0 heterocycles. The van der Waals surface area contributed by atoms with Crippen molar-refractivity contribution in [3.05, 3.63) is 0 Å². The minimum atomic E-state index is -0.911. The minimum absolute atomic E-state index is 0.0537. The lowest BCUT2D eigenvalue weighted by Gasteiger charge is -2.09. The summed E-state index contributed by atoms with van der Waals surface area (Å²) in [6.07, 6.45) is 5.18. The molecule has 0 saturated heterocycles. The van der Waals surface area contributed by atoms with Gasteiger partial charge in [0.25, 0.3) is 0 Å². The molecule has 1 unspecified atom stereocenters. The zero-order valence-electron chi connectivity index (χ0n) is 6.14. The van der Waals surface area contributed by atoms with Crippen LogP contribution in [0.5, 0.6) is 0 Å². The van der Waals surface area contributed by atoms with E-state index in [1.807, 2.05) is 6.07 Å². The van der Waals surface area contributed by atoms with Gasteiger partial charge in [0, 0.05) is 6.42 Å². The van der Waals surface area contributed by atoms with Crippen molar-refractivity contribution in [2.45, 2.75) is 20.3 Å². The van der Waals surface area contributed by atoms with Gasteiger partial charge in [0.05, 0.1) is 6.07 Å². The van der Waals surface area contributed by atoms with Gasteiger partial charge in [0.2, 0.25) is 0 Å². The van der Waals surface area contributed by atoms with Gasteiger partial charge in [-0.15, -0.1) is 6.42 Å². The summed E-state index contributed by atoms with van der Waals surface area (Å²) in [4.78, 5) is 10.5. The van der Waals surface area contributed by atoms with Gasteiger partial charge in [0.1, 0.15) is 11.2 Å². The van der Waals surface area contributed by atoms with Crippen LogP contribution in [-0.4, -0.2) is 5.78 Å². The van der Waals surface area contributed by atoms with Gasteiger partial charge in [-0.2, -0.15) is 5.26 Å². The normalized spacial score (nSPS) is 14.4. The second-order valence-electron chi connectivity index (χ2n) is 2.47. The average Bonchev–Trinajstić information content (AvgIpc) is 1.87. The molecule has 1 atom stereocenters. The first-order valence-electron chi connectivity index (χ1n) is 2.92. The van der Waals surface area contributed by atoms with Gasteiger partial charge in [-0.1, -0.05) is 5.92 Å². The first kappa shape index (κ1) is 8.72. The molecule has 10 heavy (non-hydrogen) atoms. The van der Waals surface area contributed by atoms with Crippen molar-refractivity contribution in [1.29, 1.82) is 5.26 Å². The standard InChI is InChI=1S/C8H9NO/c1-4-8(3,6-9)5-7(2)10/h1H,5H2,2-3H3. The van der Waals surface area contributed by atoms with Crippen LogP contribution in [0.1, 0.15) is 20.3 Å². The quantitative estimate of drug-likeness (QED) is 0.532. The zero-order chi connectivity index (χ0) is 8.20. The molecule has 2 nitrogen and oxygen atoms in total. The van der Waals surface area contributed by atoms with E-state index in [1.54, 1.807) is 6.92 Å². The number of hydrogen-bond donors (Lipinski definition) is 0. The third kappa shape index (κ3) is 2.33. The number of hydrogen-bond acceptors (Lipinski definition) is 2. The Morgan fingerprint density at radius 1 is 1.80 bits per heavy atom. The third-order valence-electron chi connectivity index (χ3n) is 1.17. The second kappa shape index (κ2) is 3.03. The van der Waals surface area contributed by atoms with Crippen molar-refractivity contribution < 1.29 is 4.79 Å². The minimum Gasteiger partial charge on any atom is -0.300 e. The summed E-state index contributed by atoms with van der Waals surface area (Å²) in [5.41, 5.74) is -0.911. The molecule has 0 bridgehead atoms. The van der Waals surface area contributed by atoms with Gasteiger partial charge in [-0.05, 0) is 13.8 Å². The Labute approximate surface area is 60.8 Å². The first-order chi connectivity index (χ1) is 4.54. The smallest absolute Gasteiger partial charge is 0.132 e. The van der Waals surface area contributed by atoms with Gasteiger partial charge in [-0.3, -0.25) is 4.79 Å². The highest BCUT2D eigenvalue weighted by Gasteiger charge is 2.22. The second-order valence-corrected chi connectivity index (χ2v) is 2.47. The maximum Gasteiger partial charge on any atom is 0.132 e. The fourth-order valence-electron chi connectivity index (χ4n) is 0.621. The molecular formula is C8H9NO. The molecule has 0 aromatic rings. The summed E-state index contributed by atoms with van der Waals surface area (Å²) >= 11 is 0. The lowest BCUT2D eigenvalue weighted by molar-refractivity contribution is -0.117. The van der Waals surface area contributed by atoms with E-state index in [1.165, 1.54) is 6.92 Å². The van der Waals surface area contributed by atoms with Gasteiger partial charge >= 0.3 is 0 Å². The Morgan fingerprint density at radius 2 is 2.30 bits per heavy atom. The van der Waals surface area contributed by atoms with Crippen LogP contribution in [0.25, 0.3) is 0 Å². The zero-order valence-corrected chi connectivity index (χ0v) is 6.14. The van der Waals surface area contributed by atoms with Gasteiger partial charge < -0.3 is 0 Å². The van der Waals surface area contributed by atoms with Crippen LogP contribution in [-0.2, 0) is 4.79 Å². The van der Waals surface area contributed by atoms with E-state index in [0.29, 0.717) is 0 Å². The van der Waals surface area contributed by atoms with Crippen LogP contribution >= 0.6 is 0 Å². The third-order valence-corrected chi connectivity index (χ3v) is 1.17. The highest BCUT2D eigenvalue weighted by atomic mass is 16.1.